The number of halogens is 1. The second kappa shape index (κ2) is 6.46. The molecule has 0 aromatic heterocycles. The molecular formula is C16H18FNO3S. The highest BCUT2D eigenvalue weighted by molar-refractivity contribution is 7.92. The fraction of sp³-hybridized carbons (Fsp3) is 0.250. The fourth-order valence-corrected chi connectivity index (χ4v) is 2.75. The molecule has 0 radical (unpaired) electrons. The molecule has 0 aliphatic rings. The van der Waals surface area contributed by atoms with Gasteiger partial charge in [-0.25, -0.2) is 12.8 Å². The SMILES string of the molecule is COCc1ccc(-c2cc(NS(C)(=O)=O)ccc2C)cc1F. The topological polar surface area (TPSA) is 55.4 Å². The lowest BCUT2D eigenvalue weighted by Crippen LogP contribution is -2.09. The molecule has 1 N–H and O–H groups in total. The van der Waals surface area contributed by atoms with Crippen LogP contribution in [0.5, 0.6) is 0 Å². The van der Waals surface area contributed by atoms with Crippen LogP contribution in [0.2, 0.25) is 0 Å². The second-order valence-corrected chi connectivity index (χ2v) is 6.89. The fourth-order valence-electron chi connectivity index (χ4n) is 2.20. The molecule has 0 atom stereocenters. The summed E-state index contributed by atoms with van der Waals surface area (Å²) in [6, 6.07) is 10.1. The van der Waals surface area contributed by atoms with Gasteiger partial charge in [-0.05, 0) is 41.8 Å². The number of methoxy groups -OCH3 is 1. The zero-order valence-electron chi connectivity index (χ0n) is 12.7. The number of hydrogen-bond acceptors (Lipinski definition) is 3. The van der Waals surface area contributed by atoms with Gasteiger partial charge in [0.15, 0.2) is 0 Å². The van der Waals surface area contributed by atoms with E-state index in [0.29, 0.717) is 16.8 Å². The van der Waals surface area contributed by atoms with Gasteiger partial charge in [0, 0.05) is 18.4 Å². The number of rotatable bonds is 5. The maximum absolute atomic E-state index is 14.0. The Bertz CT molecular complexity index is 788. The van der Waals surface area contributed by atoms with Crippen molar-refractivity contribution in [1.29, 1.82) is 0 Å². The summed E-state index contributed by atoms with van der Waals surface area (Å²) in [6.07, 6.45) is 1.09. The van der Waals surface area contributed by atoms with Crippen molar-refractivity contribution in [3.8, 4) is 11.1 Å². The van der Waals surface area contributed by atoms with E-state index in [9.17, 15) is 12.8 Å². The molecule has 0 amide bonds. The Kier molecular flexibility index (Phi) is 4.83. The number of ether oxygens (including phenoxy) is 1. The molecule has 22 heavy (non-hydrogen) atoms. The van der Waals surface area contributed by atoms with E-state index in [2.05, 4.69) is 4.72 Å². The first-order chi connectivity index (χ1) is 10.3. The van der Waals surface area contributed by atoms with Crippen molar-refractivity contribution in [2.24, 2.45) is 0 Å². The Morgan fingerprint density at radius 3 is 2.50 bits per heavy atom. The molecule has 2 rings (SSSR count). The van der Waals surface area contributed by atoms with Gasteiger partial charge in [0.2, 0.25) is 10.0 Å². The van der Waals surface area contributed by atoms with Crippen LogP contribution >= 0.6 is 0 Å². The minimum Gasteiger partial charge on any atom is -0.380 e. The Morgan fingerprint density at radius 2 is 1.91 bits per heavy atom. The highest BCUT2D eigenvalue weighted by Crippen LogP contribution is 2.28. The summed E-state index contributed by atoms with van der Waals surface area (Å²) in [6.45, 7) is 2.10. The monoisotopic (exact) mass is 323 g/mol. The zero-order valence-corrected chi connectivity index (χ0v) is 13.5. The van der Waals surface area contributed by atoms with Crippen LogP contribution < -0.4 is 4.72 Å². The van der Waals surface area contributed by atoms with Crippen molar-refractivity contribution in [3.63, 3.8) is 0 Å². The van der Waals surface area contributed by atoms with E-state index in [4.69, 9.17) is 4.74 Å². The van der Waals surface area contributed by atoms with Gasteiger partial charge in [-0.2, -0.15) is 0 Å². The predicted octanol–water partition coefficient (Wildman–Crippen LogP) is 3.32. The molecule has 4 nitrogen and oxygen atoms in total. The molecule has 6 heteroatoms. The molecule has 0 aliphatic heterocycles. The Hall–Kier alpha value is -1.92. The summed E-state index contributed by atoms with van der Waals surface area (Å²) in [5.74, 6) is -0.347. The number of benzene rings is 2. The van der Waals surface area contributed by atoms with Gasteiger partial charge in [-0.3, -0.25) is 4.72 Å². The molecular weight excluding hydrogens is 305 g/mol. The zero-order chi connectivity index (χ0) is 16.3. The number of anilines is 1. The molecule has 0 spiro atoms. The van der Waals surface area contributed by atoms with E-state index in [1.54, 1.807) is 30.3 Å². The average Bonchev–Trinajstić information content (AvgIpc) is 2.42. The molecule has 2 aromatic carbocycles. The third kappa shape index (κ3) is 4.05. The minimum absolute atomic E-state index is 0.209. The van der Waals surface area contributed by atoms with Crippen molar-refractivity contribution >= 4 is 15.7 Å². The summed E-state index contributed by atoms with van der Waals surface area (Å²) in [5, 5.41) is 0. The van der Waals surface area contributed by atoms with E-state index in [1.807, 2.05) is 6.92 Å². The van der Waals surface area contributed by atoms with Crippen LogP contribution in [0.4, 0.5) is 10.1 Å². The smallest absolute Gasteiger partial charge is 0.229 e. The number of sulfonamides is 1. The van der Waals surface area contributed by atoms with E-state index >= 15 is 0 Å². The molecule has 118 valence electrons. The molecule has 0 unspecified atom stereocenters. The summed E-state index contributed by atoms with van der Waals surface area (Å²) >= 11 is 0. The number of aryl methyl sites for hydroxylation is 1. The van der Waals surface area contributed by atoms with Gasteiger partial charge < -0.3 is 4.74 Å². The summed E-state index contributed by atoms with van der Waals surface area (Å²) in [4.78, 5) is 0. The number of hydrogen-bond donors (Lipinski definition) is 1. The van der Waals surface area contributed by atoms with E-state index < -0.39 is 10.0 Å². The van der Waals surface area contributed by atoms with Crippen molar-refractivity contribution in [3.05, 3.63) is 53.3 Å². The van der Waals surface area contributed by atoms with Crippen LogP contribution in [0, 0.1) is 12.7 Å². The standard InChI is InChI=1S/C16H18FNO3S/c1-11-4-7-14(18-22(3,19)20)9-15(11)12-5-6-13(10-21-2)16(17)8-12/h4-9,18H,10H2,1-3H3. The summed E-state index contributed by atoms with van der Waals surface area (Å²) < 4.78 is 44.0. The van der Waals surface area contributed by atoms with Crippen LogP contribution in [0.3, 0.4) is 0 Å². The highest BCUT2D eigenvalue weighted by atomic mass is 32.2. The molecule has 2 aromatic rings. The van der Waals surface area contributed by atoms with Crippen molar-refractivity contribution < 1.29 is 17.5 Å². The van der Waals surface area contributed by atoms with Gasteiger partial charge in [0.05, 0.1) is 12.9 Å². The Balaban J connectivity index is 2.43. The lowest BCUT2D eigenvalue weighted by atomic mass is 9.98. The van der Waals surface area contributed by atoms with Crippen LogP contribution in [0.1, 0.15) is 11.1 Å². The Morgan fingerprint density at radius 1 is 1.18 bits per heavy atom. The first-order valence-electron chi connectivity index (χ1n) is 6.66. The summed E-state index contributed by atoms with van der Waals surface area (Å²) in [5.41, 5.74) is 3.32. The molecule has 0 heterocycles. The van der Waals surface area contributed by atoms with Crippen LogP contribution in [0.15, 0.2) is 36.4 Å². The average molecular weight is 323 g/mol. The maximum atomic E-state index is 14.0. The van der Waals surface area contributed by atoms with Gasteiger partial charge in [0.25, 0.3) is 0 Å². The maximum Gasteiger partial charge on any atom is 0.229 e. The van der Waals surface area contributed by atoms with Crippen LogP contribution in [-0.2, 0) is 21.4 Å². The van der Waals surface area contributed by atoms with Crippen LogP contribution in [-0.4, -0.2) is 21.8 Å². The van der Waals surface area contributed by atoms with E-state index in [0.717, 1.165) is 17.4 Å². The van der Waals surface area contributed by atoms with Crippen molar-refractivity contribution in [2.75, 3.05) is 18.1 Å². The highest BCUT2D eigenvalue weighted by Gasteiger charge is 2.09. The quantitative estimate of drug-likeness (QED) is 0.918. The van der Waals surface area contributed by atoms with E-state index in [1.165, 1.54) is 13.2 Å². The third-order valence-electron chi connectivity index (χ3n) is 3.20. The second-order valence-electron chi connectivity index (χ2n) is 5.14. The van der Waals surface area contributed by atoms with Crippen molar-refractivity contribution in [1.82, 2.24) is 0 Å². The van der Waals surface area contributed by atoms with Crippen LogP contribution in [0.25, 0.3) is 11.1 Å². The lowest BCUT2D eigenvalue weighted by Gasteiger charge is -2.11. The van der Waals surface area contributed by atoms with Gasteiger partial charge >= 0.3 is 0 Å². The molecule has 0 bridgehead atoms. The molecule has 0 aliphatic carbocycles. The van der Waals surface area contributed by atoms with Gasteiger partial charge in [0.1, 0.15) is 5.82 Å². The van der Waals surface area contributed by atoms with E-state index in [-0.39, 0.29) is 12.4 Å². The first kappa shape index (κ1) is 16.5. The third-order valence-corrected chi connectivity index (χ3v) is 3.81. The Labute approximate surface area is 130 Å². The predicted molar refractivity (Wildman–Crippen MR) is 85.8 cm³/mol. The normalized spacial score (nSPS) is 11.5. The lowest BCUT2D eigenvalue weighted by molar-refractivity contribution is 0.181. The molecule has 0 saturated carbocycles. The van der Waals surface area contributed by atoms with Gasteiger partial charge in [-0.1, -0.05) is 18.2 Å². The van der Waals surface area contributed by atoms with Gasteiger partial charge in [-0.15, -0.1) is 0 Å². The molecule has 0 fully saturated rings. The number of nitrogens with one attached hydrogen (secondary N) is 1. The first-order valence-corrected chi connectivity index (χ1v) is 8.55. The molecule has 0 saturated heterocycles. The van der Waals surface area contributed by atoms with Crippen molar-refractivity contribution in [2.45, 2.75) is 13.5 Å². The largest absolute Gasteiger partial charge is 0.380 e. The minimum atomic E-state index is -3.35. The summed E-state index contributed by atoms with van der Waals surface area (Å²) in [7, 11) is -1.84.